The second-order valence-corrected chi connectivity index (χ2v) is 7.20. The number of ether oxygens (including phenoxy) is 1. The van der Waals surface area contributed by atoms with E-state index < -0.39 is 17.4 Å². The second-order valence-electron chi connectivity index (χ2n) is 7.20. The van der Waals surface area contributed by atoms with Gasteiger partial charge in [0.15, 0.2) is 11.3 Å². The Hall–Kier alpha value is -1.55. The predicted octanol–water partition coefficient (Wildman–Crippen LogP) is 3.68. The largest absolute Gasteiger partial charge is 0.438 e. The number of carbonyl (C=O) groups is 1. The summed E-state index contributed by atoms with van der Waals surface area (Å²) in [6.45, 7) is 10.2. The first-order chi connectivity index (χ1) is 10.1. The van der Waals surface area contributed by atoms with Crippen molar-refractivity contribution in [1.82, 2.24) is 4.90 Å². The highest BCUT2D eigenvalue weighted by Gasteiger charge is 2.60. The van der Waals surface area contributed by atoms with Crippen LogP contribution in [0.3, 0.4) is 0 Å². The summed E-state index contributed by atoms with van der Waals surface area (Å²) < 4.78 is 5.62. The number of cyclic esters (lactones) is 1. The maximum atomic E-state index is 12.2. The van der Waals surface area contributed by atoms with Crippen LogP contribution in [0.2, 0.25) is 0 Å². The average Bonchev–Trinajstić information content (AvgIpc) is 2.59. The molecule has 0 radical (unpaired) electrons. The molecule has 1 heterocycles. The molecule has 1 N–H and O–H groups in total. The summed E-state index contributed by atoms with van der Waals surface area (Å²) in [5, 5.41) is 11.0. The summed E-state index contributed by atoms with van der Waals surface area (Å²) in [6, 6.07) is 10.1. The molecule has 2 rings (SSSR count). The van der Waals surface area contributed by atoms with E-state index in [2.05, 4.69) is 26.0 Å². The molecule has 4 heteroatoms. The van der Waals surface area contributed by atoms with Crippen LogP contribution in [0.25, 0.3) is 0 Å². The number of rotatable bonds is 5. The molecule has 0 aliphatic carbocycles. The molecule has 1 aliphatic rings. The molecule has 1 aromatic rings. The molecule has 0 unspecified atom stereocenters. The first-order valence-electron chi connectivity index (χ1n) is 7.92. The van der Waals surface area contributed by atoms with E-state index in [0.717, 1.165) is 12.0 Å². The Labute approximate surface area is 133 Å². The zero-order chi connectivity index (χ0) is 16.6. The van der Waals surface area contributed by atoms with Crippen LogP contribution in [0.4, 0.5) is 4.79 Å². The van der Waals surface area contributed by atoms with Crippen molar-refractivity contribution in [1.29, 1.82) is 0 Å². The second kappa shape index (κ2) is 5.58. The van der Waals surface area contributed by atoms with Crippen molar-refractivity contribution in [2.75, 3.05) is 6.54 Å². The number of hydrogen-bond donors (Lipinski definition) is 1. The Morgan fingerprint density at radius 1 is 1.23 bits per heavy atom. The molecule has 4 nitrogen and oxygen atoms in total. The van der Waals surface area contributed by atoms with Crippen LogP contribution >= 0.6 is 0 Å². The Bertz CT molecular complexity index is 539. The summed E-state index contributed by atoms with van der Waals surface area (Å²) in [6.07, 6.45) is 0.894. The first-order valence-corrected chi connectivity index (χ1v) is 7.92. The topological polar surface area (TPSA) is 49.8 Å². The summed E-state index contributed by atoms with van der Waals surface area (Å²) in [5.41, 5.74) is -1.32. The Morgan fingerprint density at radius 2 is 1.82 bits per heavy atom. The SMILES string of the molecule is CCCN1C(=O)O[C@@](C)(CC(C)(C)c2ccccc2)[C@@]1(C)O. The number of carbonyl (C=O) groups excluding carboxylic acids is 1. The van der Waals surface area contributed by atoms with Gasteiger partial charge in [-0.3, -0.25) is 4.90 Å². The van der Waals surface area contributed by atoms with Gasteiger partial charge in [-0.25, -0.2) is 4.79 Å². The third-order valence-corrected chi connectivity index (χ3v) is 4.84. The molecule has 22 heavy (non-hydrogen) atoms. The van der Waals surface area contributed by atoms with E-state index in [1.165, 1.54) is 4.90 Å². The fraction of sp³-hybridized carbons (Fsp3) is 0.611. The van der Waals surface area contributed by atoms with Crippen LogP contribution < -0.4 is 0 Å². The number of hydrogen-bond acceptors (Lipinski definition) is 3. The molecule has 1 aliphatic heterocycles. The van der Waals surface area contributed by atoms with Crippen LogP contribution in [0.1, 0.15) is 53.0 Å². The van der Waals surface area contributed by atoms with Crippen molar-refractivity contribution < 1.29 is 14.6 Å². The fourth-order valence-electron chi connectivity index (χ4n) is 3.38. The summed E-state index contributed by atoms with van der Waals surface area (Å²) in [5.74, 6) is 0. The third-order valence-electron chi connectivity index (χ3n) is 4.84. The monoisotopic (exact) mass is 305 g/mol. The zero-order valence-electron chi connectivity index (χ0n) is 14.2. The lowest BCUT2D eigenvalue weighted by Gasteiger charge is -2.41. The van der Waals surface area contributed by atoms with Gasteiger partial charge in [0.1, 0.15) is 0 Å². The van der Waals surface area contributed by atoms with Crippen LogP contribution in [-0.4, -0.2) is 34.0 Å². The standard InChI is InChI=1S/C18H27NO3/c1-6-12-19-15(20)22-17(4,18(19,5)21)13-16(2,3)14-10-8-7-9-11-14/h7-11,21H,6,12-13H2,1-5H3/t17-,18+/m0/s1. The van der Waals surface area contributed by atoms with Crippen LogP contribution in [0.5, 0.6) is 0 Å². The lowest BCUT2D eigenvalue weighted by Crippen LogP contribution is -2.56. The molecule has 1 aromatic carbocycles. The highest BCUT2D eigenvalue weighted by Crippen LogP contribution is 2.45. The minimum Gasteiger partial charge on any atom is -0.438 e. The maximum absolute atomic E-state index is 12.2. The van der Waals surface area contributed by atoms with E-state index in [1.54, 1.807) is 6.92 Å². The predicted molar refractivity (Wildman–Crippen MR) is 86.6 cm³/mol. The molecule has 0 aromatic heterocycles. The van der Waals surface area contributed by atoms with Gasteiger partial charge >= 0.3 is 6.09 Å². The summed E-state index contributed by atoms with van der Waals surface area (Å²) >= 11 is 0. The van der Waals surface area contributed by atoms with Crippen LogP contribution in [0, 0.1) is 0 Å². The molecule has 0 bridgehead atoms. The van der Waals surface area contributed by atoms with Crippen molar-refractivity contribution in [3.05, 3.63) is 35.9 Å². The number of amides is 1. The van der Waals surface area contributed by atoms with Crippen molar-refractivity contribution in [3.8, 4) is 0 Å². The molecule has 0 spiro atoms. The highest BCUT2D eigenvalue weighted by molar-refractivity contribution is 5.72. The van der Waals surface area contributed by atoms with Gasteiger partial charge in [-0.1, -0.05) is 51.1 Å². The zero-order valence-corrected chi connectivity index (χ0v) is 14.2. The fourth-order valence-corrected chi connectivity index (χ4v) is 3.38. The Balaban J connectivity index is 2.30. The maximum Gasteiger partial charge on any atom is 0.412 e. The smallest absolute Gasteiger partial charge is 0.412 e. The molecular formula is C18H27NO3. The van der Waals surface area contributed by atoms with E-state index in [4.69, 9.17) is 4.74 Å². The Kier molecular flexibility index (Phi) is 4.26. The van der Waals surface area contributed by atoms with Gasteiger partial charge in [-0.05, 0) is 31.2 Å². The van der Waals surface area contributed by atoms with Crippen molar-refractivity contribution in [2.24, 2.45) is 0 Å². The minimum atomic E-state index is -1.31. The summed E-state index contributed by atoms with van der Waals surface area (Å²) in [7, 11) is 0. The van der Waals surface area contributed by atoms with Gasteiger partial charge < -0.3 is 9.84 Å². The summed E-state index contributed by atoms with van der Waals surface area (Å²) in [4.78, 5) is 13.6. The normalized spacial score (nSPS) is 28.8. The highest BCUT2D eigenvalue weighted by atomic mass is 16.6. The first kappa shape index (κ1) is 16.8. The Morgan fingerprint density at radius 3 is 2.36 bits per heavy atom. The lowest BCUT2D eigenvalue weighted by molar-refractivity contribution is -0.145. The van der Waals surface area contributed by atoms with E-state index in [1.807, 2.05) is 32.0 Å². The van der Waals surface area contributed by atoms with E-state index >= 15 is 0 Å². The van der Waals surface area contributed by atoms with Gasteiger partial charge in [-0.2, -0.15) is 0 Å². The van der Waals surface area contributed by atoms with Crippen molar-refractivity contribution in [3.63, 3.8) is 0 Å². The van der Waals surface area contributed by atoms with Crippen molar-refractivity contribution >= 4 is 6.09 Å². The van der Waals surface area contributed by atoms with Gasteiger partial charge in [0.25, 0.3) is 0 Å². The molecule has 1 fully saturated rings. The van der Waals surface area contributed by atoms with Gasteiger partial charge in [0.05, 0.1) is 0 Å². The van der Waals surface area contributed by atoms with Gasteiger partial charge in [0, 0.05) is 13.0 Å². The quantitative estimate of drug-likeness (QED) is 0.902. The van der Waals surface area contributed by atoms with Gasteiger partial charge in [-0.15, -0.1) is 0 Å². The minimum absolute atomic E-state index is 0.220. The third kappa shape index (κ3) is 2.72. The molecule has 2 atom stereocenters. The lowest BCUT2D eigenvalue weighted by atomic mass is 9.72. The molecule has 122 valence electrons. The molecule has 0 saturated carbocycles. The van der Waals surface area contributed by atoms with E-state index in [9.17, 15) is 9.90 Å². The van der Waals surface area contributed by atoms with E-state index in [0.29, 0.717) is 13.0 Å². The van der Waals surface area contributed by atoms with Crippen molar-refractivity contribution in [2.45, 2.75) is 64.2 Å². The average molecular weight is 305 g/mol. The van der Waals surface area contributed by atoms with Crippen LogP contribution in [-0.2, 0) is 10.2 Å². The number of nitrogens with zero attached hydrogens (tertiary/aromatic N) is 1. The number of aliphatic hydroxyl groups is 1. The van der Waals surface area contributed by atoms with Gasteiger partial charge in [0.2, 0.25) is 0 Å². The van der Waals surface area contributed by atoms with E-state index in [-0.39, 0.29) is 5.41 Å². The molecular weight excluding hydrogens is 278 g/mol. The molecule has 1 amide bonds. The number of benzene rings is 1. The van der Waals surface area contributed by atoms with Crippen LogP contribution in [0.15, 0.2) is 30.3 Å². The molecule has 1 saturated heterocycles.